The summed E-state index contributed by atoms with van der Waals surface area (Å²) in [5.74, 6) is -1.50. The van der Waals surface area contributed by atoms with Crippen LogP contribution in [0.1, 0.15) is 50.5 Å². The highest BCUT2D eigenvalue weighted by atomic mass is 32.1. The molecular formula is C29H26F3N3O4S. The zero-order valence-corrected chi connectivity index (χ0v) is 22.1. The number of alkyl halides is 3. The third-order valence-corrected chi connectivity index (χ3v) is 7.06. The molecule has 1 unspecified atom stereocenters. The summed E-state index contributed by atoms with van der Waals surface area (Å²) in [6, 6.07) is 19.6. The van der Waals surface area contributed by atoms with Crippen molar-refractivity contribution in [2.75, 3.05) is 6.54 Å². The molecule has 3 aromatic carbocycles. The van der Waals surface area contributed by atoms with Crippen molar-refractivity contribution in [2.45, 2.75) is 38.1 Å². The van der Waals surface area contributed by atoms with Crippen LogP contribution in [0.15, 0.2) is 78.9 Å². The molecule has 4 rings (SSSR count). The number of carbonyl (C=O) groups excluding carboxylic acids is 3. The van der Waals surface area contributed by atoms with Crippen LogP contribution in [0, 0.1) is 0 Å². The first-order valence-electron chi connectivity index (χ1n) is 12.5. The number of para-hydroxylation sites is 1. The van der Waals surface area contributed by atoms with Crippen molar-refractivity contribution in [1.82, 2.24) is 15.6 Å². The first-order chi connectivity index (χ1) is 19.2. The van der Waals surface area contributed by atoms with E-state index in [1.165, 1.54) is 12.1 Å². The number of ketones is 1. The molecule has 0 fully saturated rings. The van der Waals surface area contributed by atoms with Crippen molar-refractivity contribution in [1.29, 1.82) is 0 Å². The normalized spacial score (nSPS) is 12.1. The molecule has 1 aromatic heterocycles. The van der Waals surface area contributed by atoms with Gasteiger partial charge in [0.05, 0.1) is 27.4 Å². The van der Waals surface area contributed by atoms with Gasteiger partial charge in [-0.25, -0.2) is 9.78 Å². The van der Waals surface area contributed by atoms with E-state index in [-0.39, 0.29) is 24.6 Å². The Morgan fingerprint density at radius 1 is 0.900 bits per heavy atom. The van der Waals surface area contributed by atoms with Crippen LogP contribution in [-0.4, -0.2) is 35.4 Å². The molecule has 2 amide bonds. The van der Waals surface area contributed by atoms with E-state index in [0.29, 0.717) is 18.4 Å². The summed E-state index contributed by atoms with van der Waals surface area (Å²) >= 11 is 1.15. The largest absolute Gasteiger partial charge is 0.445 e. The lowest BCUT2D eigenvalue weighted by Crippen LogP contribution is -2.41. The third-order valence-electron chi connectivity index (χ3n) is 6.01. The average Bonchev–Trinajstić information content (AvgIpc) is 3.39. The quantitative estimate of drug-likeness (QED) is 0.161. The van der Waals surface area contributed by atoms with Crippen molar-refractivity contribution in [3.05, 3.63) is 101 Å². The molecule has 7 nitrogen and oxygen atoms in total. The second-order valence-corrected chi connectivity index (χ2v) is 9.94. The van der Waals surface area contributed by atoms with Gasteiger partial charge in [-0.2, -0.15) is 13.2 Å². The summed E-state index contributed by atoms with van der Waals surface area (Å²) in [6.45, 7) is 0.372. The molecule has 2 N–H and O–H groups in total. The van der Waals surface area contributed by atoms with Crippen LogP contribution in [0.25, 0.3) is 10.2 Å². The molecule has 0 aliphatic carbocycles. The third kappa shape index (κ3) is 7.66. The minimum atomic E-state index is -4.73. The Labute approximate surface area is 232 Å². The number of alkyl carbamates (subject to hydrolysis) is 1. The number of hydrogen-bond donors (Lipinski definition) is 2. The molecular weight excluding hydrogens is 543 g/mol. The number of hydrogen-bond acceptors (Lipinski definition) is 6. The zero-order valence-electron chi connectivity index (χ0n) is 21.2. The number of ether oxygens (including phenoxy) is 1. The summed E-state index contributed by atoms with van der Waals surface area (Å²) < 4.78 is 46.4. The van der Waals surface area contributed by atoms with Crippen LogP contribution in [0.4, 0.5) is 18.0 Å². The molecule has 0 saturated heterocycles. The van der Waals surface area contributed by atoms with Gasteiger partial charge in [-0.05, 0) is 49.1 Å². The SMILES string of the molecule is O=C(NCCCCC(NC(=O)c1ccccc1C(F)(F)F)C(=O)c1nc2ccccc2s1)OCc1ccccc1. The lowest BCUT2D eigenvalue weighted by molar-refractivity contribution is -0.137. The molecule has 0 radical (unpaired) electrons. The monoisotopic (exact) mass is 569 g/mol. The number of amides is 2. The Morgan fingerprint density at radius 2 is 1.60 bits per heavy atom. The molecule has 0 spiro atoms. The first kappa shape index (κ1) is 28.8. The van der Waals surface area contributed by atoms with Crippen LogP contribution in [-0.2, 0) is 17.5 Å². The molecule has 0 bridgehead atoms. The van der Waals surface area contributed by atoms with Gasteiger partial charge < -0.3 is 15.4 Å². The molecule has 0 saturated carbocycles. The molecule has 1 heterocycles. The molecule has 0 aliphatic heterocycles. The number of Topliss-reactive ketones (excluding diaryl/α,β-unsaturated/α-hetero) is 1. The number of nitrogens with zero attached hydrogens (tertiary/aromatic N) is 1. The average molecular weight is 570 g/mol. The number of unbranched alkanes of at least 4 members (excludes halogenated alkanes) is 1. The minimum Gasteiger partial charge on any atom is -0.445 e. The van der Waals surface area contributed by atoms with Crippen molar-refractivity contribution < 1.29 is 32.3 Å². The van der Waals surface area contributed by atoms with Crippen LogP contribution >= 0.6 is 11.3 Å². The van der Waals surface area contributed by atoms with E-state index in [1.807, 2.05) is 30.3 Å². The van der Waals surface area contributed by atoms with E-state index in [9.17, 15) is 27.6 Å². The summed E-state index contributed by atoms with van der Waals surface area (Å²) in [4.78, 5) is 42.6. The van der Waals surface area contributed by atoms with Crippen molar-refractivity contribution in [2.24, 2.45) is 0 Å². The van der Waals surface area contributed by atoms with Gasteiger partial charge in [0.25, 0.3) is 5.91 Å². The second-order valence-electron chi connectivity index (χ2n) is 8.90. The van der Waals surface area contributed by atoms with Crippen molar-refractivity contribution >= 4 is 39.3 Å². The molecule has 208 valence electrons. The Bertz CT molecular complexity index is 1440. The second kappa shape index (κ2) is 13.2. The van der Waals surface area contributed by atoms with Crippen LogP contribution in [0.3, 0.4) is 0 Å². The molecule has 4 aromatic rings. The molecule has 11 heteroatoms. The Kier molecular flexibility index (Phi) is 9.49. The van der Waals surface area contributed by atoms with Gasteiger partial charge in [0, 0.05) is 6.54 Å². The number of aromatic nitrogens is 1. The highest BCUT2D eigenvalue weighted by Crippen LogP contribution is 2.32. The van der Waals surface area contributed by atoms with Gasteiger partial charge in [0.1, 0.15) is 6.61 Å². The van der Waals surface area contributed by atoms with Crippen molar-refractivity contribution in [3.8, 4) is 0 Å². The number of carbonyl (C=O) groups is 3. The van der Waals surface area contributed by atoms with Crippen LogP contribution in [0.2, 0.25) is 0 Å². The van der Waals surface area contributed by atoms with E-state index >= 15 is 0 Å². The standard InChI is InChI=1S/C29H26F3N3O4S/c30-29(31,32)21-13-5-4-12-20(21)26(37)34-23(25(36)27-35-22-14-6-7-16-24(22)40-27)15-8-9-17-33-28(38)39-18-19-10-2-1-3-11-19/h1-7,10-14,16,23H,8-9,15,17-18H2,(H,33,38)(H,34,37). The Balaban J connectivity index is 1.39. The van der Waals surface area contributed by atoms with Gasteiger partial charge in [-0.1, -0.05) is 54.6 Å². The fourth-order valence-corrected chi connectivity index (χ4v) is 4.96. The topological polar surface area (TPSA) is 97.4 Å². The summed E-state index contributed by atoms with van der Waals surface area (Å²) in [5.41, 5.74) is -0.199. The predicted octanol–water partition coefficient (Wildman–Crippen LogP) is 6.39. The summed E-state index contributed by atoms with van der Waals surface area (Å²) in [5, 5.41) is 5.27. The van der Waals surface area contributed by atoms with Gasteiger partial charge in [0.15, 0.2) is 5.01 Å². The number of nitrogens with one attached hydrogen (secondary N) is 2. The van der Waals surface area contributed by atoms with E-state index in [4.69, 9.17) is 4.74 Å². The fourth-order valence-electron chi connectivity index (χ4n) is 4.00. The highest BCUT2D eigenvalue weighted by Gasteiger charge is 2.36. The predicted molar refractivity (Wildman–Crippen MR) is 145 cm³/mol. The number of fused-ring (bicyclic) bond motifs is 1. The maximum Gasteiger partial charge on any atom is 0.417 e. The summed E-state index contributed by atoms with van der Waals surface area (Å²) in [6.07, 6.45) is -4.36. The highest BCUT2D eigenvalue weighted by molar-refractivity contribution is 7.20. The van der Waals surface area contributed by atoms with E-state index in [1.54, 1.807) is 24.3 Å². The Morgan fingerprint density at radius 3 is 2.35 bits per heavy atom. The molecule has 1 atom stereocenters. The van der Waals surface area contributed by atoms with Gasteiger partial charge in [-0.15, -0.1) is 11.3 Å². The first-order valence-corrected chi connectivity index (χ1v) is 13.4. The van der Waals surface area contributed by atoms with Gasteiger partial charge >= 0.3 is 12.3 Å². The van der Waals surface area contributed by atoms with E-state index in [0.717, 1.165) is 33.7 Å². The summed E-state index contributed by atoms with van der Waals surface area (Å²) in [7, 11) is 0. The van der Waals surface area contributed by atoms with Crippen LogP contribution < -0.4 is 10.6 Å². The maximum absolute atomic E-state index is 13.5. The van der Waals surface area contributed by atoms with Crippen molar-refractivity contribution in [3.63, 3.8) is 0 Å². The number of thiazole rings is 1. The minimum absolute atomic E-state index is 0.122. The zero-order chi connectivity index (χ0) is 28.5. The van der Waals surface area contributed by atoms with Crippen LogP contribution in [0.5, 0.6) is 0 Å². The maximum atomic E-state index is 13.5. The molecule has 0 aliphatic rings. The number of rotatable bonds is 11. The molecule has 40 heavy (non-hydrogen) atoms. The van der Waals surface area contributed by atoms with E-state index < -0.39 is 41.1 Å². The lowest BCUT2D eigenvalue weighted by Gasteiger charge is -2.19. The Hall–Kier alpha value is -4.25. The van der Waals surface area contributed by atoms with E-state index in [2.05, 4.69) is 15.6 Å². The fraction of sp³-hybridized carbons (Fsp3) is 0.241. The number of halogens is 3. The smallest absolute Gasteiger partial charge is 0.417 e. The van der Waals surface area contributed by atoms with Gasteiger partial charge in [0.2, 0.25) is 5.78 Å². The van der Waals surface area contributed by atoms with Gasteiger partial charge in [-0.3, -0.25) is 9.59 Å². The number of benzene rings is 3. The lowest BCUT2D eigenvalue weighted by atomic mass is 10.0.